The van der Waals surface area contributed by atoms with Gasteiger partial charge in [-0.3, -0.25) is 5.41 Å². The van der Waals surface area contributed by atoms with Gasteiger partial charge in [0.25, 0.3) is 0 Å². The monoisotopic (exact) mass is 278 g/mol. The molecule has 1 aliphatic rings. The van der Waals surface area contributed by atoms with Gasteiger partial charge in [0.05, 0.1) is 12.4 Å². The number of amides is 1. The average molecular weight is 278 g/mol. The third kappa shape index (κ3) is 3.84. The van der Waals surface area contributed by atoms with Gasteiger partial charge in [-0.2, -0.15) is 12.7 Å². The fourth-order valence-electron chi connectivity index (χ4n) is 1.74. The zero-order valence-electron chi connectivity index (χ0n) is 10.2. The van der Waals surface area contributed by atoms with Crippen LogP contribution in [0.3, 0.4) is 0 Å². The van der Waals surface area contributed by atoms with Crippen molar-refractivity contribution in [3.05, 3.63) is 0 Å². The van der Waals surface area contributed by atoms with Gasteiger partial charge in [0.1, 0.15) is 0 Å². The Morgan fingerprint density at radius 3 is 2.83 bits per heavy atom. The first-order valence-electron chi connectivity index (χ1n) is 5.65. The summed E-state index contributed by atoms with van der Waals surface area (Å²) < 4.78 is 31.1. The van der Waals surface area contributed by atoms with Crippen molar-refractivity contribution in [1.82, 2.24) is 9.03 Å². The molecule has 1 amide bonds. The van der Waals surface area contributed by atoms with Crippen LogP contribution < -0.4 is 10.5 Å². The first-order chi connectivity index (χ1) is 8.36. The van der Waals surface area contributed by atoms with E-state index in [-0.39, 0.29) is 24.9 Å². The fourth-order valence-corrected chi connectivity index (χ4v) is 2.89. The molecule has 1 atom stereocenters. The number of carbonyl (C=O) groups excluding carboxylic acids is 1. The van der Waals surface area contributed by atoms with E-state index in [9.17, 15) is 13.2 Å². The Bertz CT molecular complexity index is 422. The predicted octanol–water partition coefficient (Wildman–Crippen LogP) is -0.375. The zero-order chi connectivity index (χ0) is 13.8. The van der Waals surface area contributed by atoms with Gasteiger partial charge in [-0.25, -0.2) is 9.52 Å². The molecular formula is C9H18N4O4S. The molecule has 8 nitrogen and oxygen atoms in total. The number of nitrogens with two attached hydrogens (primary N) is 1. The smallest absolute Gasteiger partial charge is 0.421 e. The summed E-state index contributed by atoms with van der Waals surface area (Å²) in [6.07, 6.45) is 0.289. The van der Waals surface area contributed by atoms with E-state index in [0.29, 0.717) is 19.4 Å². The van der Waals surface area contributed by atoms with E-state index in [1.54, 1.807) is 6.92 Å². The summed E-state index contributed by atoms with van der Waals surface area (Å²) in [7, 11) is -3.91. The van der Waals surface area contributed by atoms with Crippen molar-refractivity contribution in [3.8, 4) is 0 Å². The molecule has 9 heteroatoms. The molecule has 104 valence electrons. The number of piperidine rings is 1. The largest absolute Gasteiger partial charge is 0.449 e. The summed E-state index contributed by atoms with van der Waals surface area (Å²) in [6.45, 7) is 2.10. The molecule has 1 saturated heterocycles. The quantitative estimate of drug-likeness (QED) is 0.477. The zero-order valence-corrected chi connectivity index (χ0v) is 11.0. The van der Waals surface area contributed by atoms with Crippen LogP contribution in [0.15, 0.2) is 0 Å². The average Bonchev–Trinajstić information content (AvgIpc) is 2.28. The van der Waals surface area contributed by atoms with Crippen LogP contribution >= 0.6 is 0 Å². The van der Waals surface area contributed by atoms with Crippen LogP contribution in [0.4, 0.5) is 4.79 Å². The minimum Gasteiger partial charge on any atom is -0.449 e. The van der Waals surface area contributed by atoms with Crippen molar-refractivity contribution in [3.63, 3.8) is 0 Å². The highest BCUT2D eigenvalue weighted by Gasteiger charge is 2.31. The van der Waals surface area contributed by atoms with Crippen molar-refractivity contribution >= 4 is 22.1 Å². The molecular weight excluding hydrogens is 260 g/mol. The van der Waals surface area contributed by atoms with E-state index in [0.717, 1.165) is 4.31 Å². The van der Waals surface area contributed by atoms with Crippen LogP contribution in [0, 0.1) is 11.3 Å². The molecule has 0 aromatic carbocycles. The molecule has 1 heterocycles. The Balaban J connectivity index is 2.67. The SMILES string of the molecule is CCOC(=O)NS(=O)(=O)N1CCCC(C(=N)N)C1. The number of amidine groups is 1. The summed E-state index contributed by atoms with van der Waals surface area (Å²) in [5.74, 6) is -0.330. The van der Waals surface area contributed by atoms with Crippen molar-refractivity contribution in [2.24, 2.45) is 11.7 Å². The van der Waals surface area contributed by atoms with Crippen LogP contribution in [-0.2, 0) is 14.9 Å². The highest BCUT2D eigenvalue weighted by Crippen LogP contribution is 2.18. The Morgan fingerprint density at radius 1 is 1.61 bits per heavy atom. The lowest BCUT2D eigenvalue weighted by Crippen LogP contribution is -2.49. The Labute approximate surface area is 106 Å². The van der Waals surface area contributed by atoms with Gasteiger partial charge < -0.3 is 10.5 Å². The first-order valence-corrected chi connectivity index (χ1v) is 7.09. The van der Waals surface area contributed by atoms with Crippen molar-refractivity contribution < 1.29 is 17.9 Å². The van der Waals surface area contributed by atoms with Gasteiger partial charge in [-0.15, -0.1) is 0 Å². The van der Waals surface area contributed by atoms with Crippen LogP contribution in [0.1, 0.15) is 19.8 Å². The maximum atomic E-state index is 11.8. The number of hydrogen-bond donors (Lipinski definition) is 3. The maximum Gasteiger partial charge on any atom is 0.421 e. The van der Waals surface area contributed by atoms with Gasteiger partial charge in [0.2, 0.25) is 0 Å². The van der Waals surface area contributed by atoms with E-state index in [1.165, 1.54) is 0 Å². The van der Waals surface area contributed by atoms with Crippen LogP contribution in [0.2, 0.25) is 0 Å². The summed E-state index contributed by atoms with van der Waals surface area (Å²) >= 11 is 0. The van der Waals surface area contributed by atoms with Crippen molar-refractivity contribution in [2.45, 2.75) is 19.8 Å². The maximum absolute atomic E-state index is 11.8. The first kappa shape index (κ1) is 14.7. The summed E-state index contributed by atoms with van der Waals surface area (Å²) in [6, 6.07) is 0. The van der Waals surface area contributed by atoms with Crippen molar-refractivity contribution in [1.29, 1.82) is 5.41 Å². The molecule has 1 aliphatic heterocycles. The lowest BCUT2D eigenvalue weighted by atomic mass is 9.99. The molecule has 18 heavy (non-hydrogen) atoms. The number of hydrogen-bond acceptors (Lipinski definition) is 5. The topological polar surface area (TPSA) is 126 Å². The number of carbonyl (C=O) groups is 1. The van der Waals surface area contributed by atoms with E-state index in [4.69, 9.17) is 11.1 Å². The molecule has 1 unspecified atom stereocenters. The second-order valence-corrected chi connectivity index (χ2v) is 5.65. The standard InChI is InChI=1S/C9H18N4O4S/c1-2-17-9(14)12-18(15,16)13-5-3-4-7(6-13)8(10)11/h7H,2-6H2,1H3,(H3,10,11)(H,12,14). The number of rotatable bonds is 4. The van der Waals surface area contributed by atoms with Gasteiger partial charge >= 0.3 is 16.3 Å². The van der Waals surface area contributed by atoms with Crippen LogP contribution in [0.5, 0.6) is 0 Å². The predicted molar refractivity (Wildman–Crippen MR) is 65.3 cm³/mol. The van der Waals surface area contributed by atoms with Crippen LogP contribution in [-0.4, -0.2) is 44.3 Å². The molecule has 0 aromatic rings. The van der Waals surface area contributed by atoms with E-state index in [2.05, 4.69) is 4.74 Å². The summed E-state index contributed by atoms with van der Waals surface area (Å²) in [4.78, 5) is 11.1. The number of nitrogens with zero attached hydrogens (tertiary/aromatic N) is 1. The molecule has 0 radical (unpaired) electrons. The van der Waals surface area contributed by atoms with E-state index < -0.39 is 16.3 Å². The molecule has 0 bridgehead atoms. The van der Waals surface area contributed by atoms with Crippen LogP contribution in [0.25, 0.3) is 0 Å². The second kappa shape index (κ2) is 6.01. The molecule has 0 saturated carbocycles. The van der Waals surface area contributed by atoms with Gasteiger partial charge in [-0.05, 0) is 19.8 Å². The lowest BCUT2D eigenvalue weighted by Gasteiger charge is -2.30. The third-order valence-electron chi connectivity index (χ3n) is 2.65. The van der Waals surface area contributed by atoms with Gasteiger partial charge in [-0.1, -0.05) is 0 Å². The molecule has 4 N–H and O–H groups in total. The van der Waals surface area contributed by atoms with E-state index >= 15 is 0 Å². The molecule has 0 aromatic heterocycles. The highest BCUT2D eigenvalue weighted by molar-refractivity contribution is 7.87. The minimum absolute atomic E-state index is 0.0361. The lowest BCUT2D eigenvalue weighted by molar-refractivity contribution is 0.157. The van der Waals surface area contributed by atoms with Crippen molar-refractivity contribution in [2.75, 3.05) is 19.7 Å². The van der Waals surface area contributed by atoms with E-state index in [1.807, 2.05) is 4.72 Å². The Morgan fingerprint density at radius 2 is 2.28 bits per heavy atom. The Hall–Kier alpha value is -1.35. The second-order valence-electron chi connectivity index (χ2n) is 3.98. The molecule has 0 spiro atoms. The molecule has 1 fully saturated rings. The molecule has 1 rings (SSSR count). The van der Waals surface area contributed by atoms with Gasteiger partial charge in [0, 0.05) is 19.0 Å². The normalized spacial score (nSPS) is 21.3. The summed E-state index contributed by atoms with van der Waals surface area (Å²) in [5, 5.41) is 7.34. The Kier molecular flexibility index (Phi) is 4.91. The fraction of sp³-hybridized carbons (Fsp3) is 0.778. The number of nitrogens with one attached hydrogen (secondary N) is 2. The number of ether oxygens (including phenoxy) is 1. The third-order valence-corrected chi connectivity index (χ3v) is 4.09. The summed E-state index contributed by atoms with van der Waals surface area (Å²) in [5.41, 5.74) is 5.37. The van der Waals surface area contributed by atoms with Gasteiger partial charge in [0.15, 0.2) is 0 Å². The molecule has 0 aliphatic carbocycles. The minimum atomic E-state index is -3.91. The highest BCUT2D eigenvalue weighted by atomic mass is 32.2.